The molecule has 21 heavy (non-hydrogen) atoms. The molecule has 1 atom stereocenters. The van der Waals surface area contributed by atoms with E-state index in [2.05, 4.69) is 4.98 Å². The number of hydrogen-bond donors (Lipinski definition) is 0. The predicted molar refractivity (Wildman–Crippen MR) is 85.5 cm³/mol. The summed E-state index contributed by atoms with van der Waals surface area (Å²) in [6.45, 7) is 2.02. The number of pyridine rings is 1. The fourth-order valence-electron chi connectivity index (χ4n) is 2.11. The van der Waals surface area contributed by atoms with Gasteiger partial charge in [-0.15, -0.1) is 0 Å². The summed E-state index contributed by atoms with van der Waals surface area (Å²) < 4.78 is 0. The van der Waals surface area contributed by atoms with Crippen LogP contribution in [0.3, 0.4) is 0 Å². The zero-order chi connectivity index (χ0) is 15.4. The van der Waals surface area contributed by atoms with Crippen molar-refractivity contribution in [2.24, 2.45) is 0 Å². The molecule has 0 fully saturated rings. The van der Waals surface area contributed by atoms with Gasteiger partial charge >= 0.3 is 0 Å². The molecule has 2 rings (SSSR count). The van der Waals surface area contributed by atoms with Crippen molar-refractivity contribution in [1.82, 2.24) is 9.88 Å². The summed E-state index contributed by atoms with van der Waals surface area (Å²) in [5.74, 6) is 0.814. The molecule has 4 nitrogen and oxygen atoms in total. The minimum Gasteiger partial charge on any atom is -0.363 e. The van der Waals surface area contributed by atoms with Gasteiger partial charge in [-0.1, -0.05) is 30.3 Å². The number of aromatic nitrogens is 1. The standard InChI is InChI=1S/C17H21N3O/c1-13(14-8-6-5-7-9-14)20(4)17(21)15-10-11-16(18-12-15)19(2)3/h5-13H,1-4H3/t13-/m1/s1. The molecule has 110 valence electrons. The summed E-state index contributed by atoms with van der Waals surface area (Å²) in [7, 11) is 5.67. The van der Waals surface area contributed by atoms with Crippen LogP contribution in [0.5, 0.6) is 0 Å². The Bertz CT molecular complexity index is 593. The second-order valence-corrected chi connectivity index (χ2v) is 5.30. The van der Waals surface area contributed by atoms with Crippen molar-refractivity contribution in [1.29, 1.82) is 0 Å². The molecule has 0 aliphatic carbocycles. The minimum absolute atomic E-state index is 0.0206. The molecule has 4 heteroatoms. The third-order valence-electron chi connectivity index (χ3n) is 3.64. The van der Waals surface area contributed by atoms with Gasteiger partial charge in [-0.25, -0.2) is 4.98 Å². The smallest absolute Gasteiger partial charge is 0.255 e. The van der Waals surface area contributed by atoms with Crippen LogP contribution in [-0.2, 0) is 0 Å². The molecule has 0 saturated carbocycles. The summed E-state index contributed by atoms with van der Waals surface area (Å²) in [6.07, 6.45) is 1.63. The maximum Gasteiger partial charge on any atom is 0.255 e. The Morgan fingerprint density at radius 3 is 2.24 bits per heavy atom. The highest BCUT2D eigenvalue weighted by atomic mass is 16.2. The molecule has 0 N–H and O–H groups in total. The van der Waals surface area contributed by atoms with Crippen molar-refractivity contribution in [2.45, 2.75) is 13.0 Å². The van der Waals surface area contributed by atoms with Crippen molar-refractivity contribution in [2.75, 3.05) is 26.0 Å². The van der Waals surface area contributed by atoms with E-state index in [0.717, 1.165) is 11.4 Å². The number of carbonyl (C=O) groups is 1. The highest BCUT2D eigenvalue weighted by molar-refractivity contribution is 5.94. The molecule has 0 spiro atoms. The Labute approximate surface area is 126 Å². The number of rotatable bonds is 4. The van der Waals surface area contributed by atoms with Gasteiger partial charge in [-0.2, -0.15) is 0 Å². The van der Waals surface area contributed by atoms with Gasteiger partial charge in [0.1, 0.15) is 5.82 Å². The Morgan fingerprint density at radius 1 is 1.05 bits per heavy atom. The van der Waals surface area contributed by atoms with E-state index in [4.69, 9.17) is 0 Å². The van der Waals surface area contributed by atoms with E-state index in [9.17, 15) is 4.79 Å². The molecular weight excluding hydrogens is 262 g/mol. The monoisotopic (exact) mass is 283 g/mol. The van der Waals surface area contributed by atoms with E-state index in [1.807, 2.05) is 75.4 Å². The second kappa shape index (κ2) is 6.39. The number of hydrogen-bond acceptors (Lipinski definition) is 3. The lowest BCUT2D eigenvalue weighted by molar-refractivity contribution is 0.0742. The average molecular weight is 283 g/mol. The SMILES string of the molecule is C[C@H](c1ccccc1)N(C)C(=O)c1ccc(N(C)C)nc1. The fraction of sp³-hybridized carbons (Fsp3) is 0.294. The van der Waals surface area contributed by atoms with Crippen LogP contribution in [0.1, 0.15) is 28.9 Å². The van der Waals surface area contributed by atoms with E-state index >= 15 is 0 Å². The summed E-state index contributed by atoms with van der Waals surface area (Å²) in [6, 6.07) is 13.7. The molecule has 0 unspecified atom stereocenters. The molecular formula is C17H21N3O. The van der Waals surface area contributed by atoms with Crippen LogP contribution in [0.15, 0.2) is 48.7 Å². The number of benzene rings is 1. The van der Waals surface area contributed by atoms with E-state index in [1.165, 1.54) is 0 Å². The first-order valence-electron chi connectivity index (χ1n) is 6.96. The first-order valence-corrected chi connectivity index (χ1v) is 6.96. The Kier molecular flexibility index (Phi) is 4.58. The topological polar surface area (TPSA) is 36.4 Å². The first kappa shape index (κ1) is 15.0. The normalized spacial score (nSPS) is 11.8. The molecule has 0 saturated heterocycles. The zero-order valence-corrected chi connectivity index (χ0v) is 12.9. The molecule has 1 heterocycles. The van der Waals surface area contributed by atoms with Crippen LogP contribution in [0.2, 0.25) is 0 Å². The summed E-state index contributed by atoms with van der Waals surface area (Å²) in [5, 5.41) is 0. The molecule has 0 bridgehead atoms. The minimum atomic E-state index is -0.0239. The Hall–Kier alpha value is -2.36. The maximum absolute atomic E-state index is 12.5. The van der Waals surface area contributed by atoms with Crippen LogP contribution >= 0.6 is 0 Å². The first-order chi connectivity index (χ1) is 10.0. The molecule has 0 radical (unpaired) electrons. The van der Waals surface area contributed by atoms with Crippen molar-refractivity contribution < 1.29 is 4.79 Å². The van der Waals surface area contributed by atoms with Crippen molar-refractivity contribution in [3.63, 3.8) is 0 Å². The molecule has 0 aliphatic rings. The van der Waals surface area contributed by atoms with E-state index in [1.54, 1.807) is 11.1 Å². The Balaban J connectivity index is 2.15. The predicted octanol–water partition coefficient (Wildman–Crippen LogP) is 2.98. The fourth-order valence-corrected chi connectivity index (χ4v) is 2.11. The van der Waals surface area contributed by atoms with Gasteiger partial charge in [-0.3, -0.25) is 4.79 Å². The van der Waals surface area contributed by atoms with Gasteiger partial charge in [0, 0.05) is 27.3 Å². The highest BCUT2D eigenvalue weighted by Crippen LogP contribution is 2.20. The van der Waals surface area contributed by atoms with Gasteiger partial charge in [0.05, 0.1) is 11.6 Å². The molecule has 1 amide bonds. The van der Waals surface area contributed by atoms with E-state index in [-0.39, 0.29) is 11.9 Å². The van der Waals surface area contributed by atoms with Crippen LogP contribution in [0.4, 0.5) is 5.82 Å². The molecule has 0 aliphatic heterocycles. The number of amides is 1. The lowest BCUT2D eigenvalue weighted by atomic mass is 10.1. The van der Waals surface area contributed by atoms with Gasteiger partial charge in [0.25, 0.3) is 5.91 Å². The van der Waals surface area contributed by atoms with Crippen LogP contribution in [0.25, 0.3) is 0 Å². The maximum atomic E-state index is 12.5. The largest absolute Gasteiger partial charge is 0.363 e. The van der Waals surface area contributed by atoms with E-state index < -0.39 is 0 Å². The van der Waals surface area contributed by atoms with Crippen LogP contribution in [0, 0.1) is 0 Å². The van der Waals surface area contributed by atoms with E-state index in [0.29, 0.717) is 5.56 Å². The number of nitrogens with zero attached hydrogens (tertiary/aromatic N) is 3. The highest BCUT2D eigenvalue weighted by Gasteiger charge is 2.19. The second-order valence-electron chi connectivity index (χ2n) is 5.30. The third kappa shape index (κ3) is 3.40. The van der Waals surface area contributed by atoms with Crippen molar-refractivity contribution >= 4 is 11.7 Å². The van der Waals surface area contributed by atoms with Gasteiger partial charge in [0.15, 0.2) is 0 Å². The quantitative estimate of drug-likeness (QED) is 0.865. The molecule has 1 aromatic heterocycles. The summed E-state index contributed by atoms with van der Waals surface area (Å²) >= 11 is 0. The summed E-state index contributed by atoms with van der Waals surface area (Å²) in [5.41, 5.74) is 1.72. The average Bonchev–Trinajstić information content (AvgIpc) is 2.53. The lowest BCUT2D eigenvalue weighted by Crippen LogP contribution is -2.29. The third-order valence-corrected chi connectivity index (χ3v) is 3.64. The van der Waals surface area contributed by atoms with Gasteiger partial charge < -0.3 is 9.80 Å². The van der Waals surface area contributed by atoms with Gasteiger partial charge in [0.2, 0.25) is 0 Å². The Morgan fingerprint density at radius 2 is 1.71 bits per heavy atom. The van der Waals surface area contributed by atoms with Crippen molar-refractivity contribution in [3.05, 3.63) is 59.8 Å². The van der Waals surface area contributed by atoms with Gasteiger partial charge in [-0.05, 0) is 24.6 Å². The van der Waals surface area contributed by atoms with Crippen LogP contribution < -0.4 is 4.90 Å². The zero-order valence-electron chi connectivity index (χ0n) is 12.9. The number of anilines is 1. The summed E-state index contributed by atoms with van der Waals surface area (Å²) in [4.78, 5) is 20.5. The molecule has 1 aromatic carbocycles. The molecule has 2 aromatic rings. The van der Waals surface area contributed by atoms with Crippen molar-refractivity contribution in [3.8, 4) is 0 Å². The number of carbonyl (C=O) groups excluding carboxylic acids is 1. The lowest BCUT2D eigenvalue weighted by Gasteiger charge is -2.25. The van der Waals surface area contributed by atoms with Crippen LogP contribution in [-0.4, -0.2) is 36.9 Å².